The van der Waals surface area contributed by atoms with Crippen molar-refractivity contribution in [2.24, 2.45) is 11.8 Å². The van der Waals surface area contributed by atoms with Crippen molar-refractivity contribution in [2.45, 2.75) is 96.1 Å². The molecule has 50 heavy (non-hydrogen) atoms. The Labute approximate surface area is 257 Å². The molecule has 0 heterocycles. The number of ether oxygens (including phenoxy) is 2. The average Bonchev–Trinajstić information content (AvgIpc) is 2.97. The summed E-state index contributed by atoms with van der Waals surface area (Å²) in [7, 11) is 0. The first-order valence-electron chi connectivity index (χ1n) is 12.4. The van der Waals surface area contributed by atoms with E-state index in [0.29, 0.717) is 6.08 Å². The highest BCUT2D eigenvalue weighted by Crippen LogP contribution is 2.68. The number of hydrogen-bond acceptors (Lipinski definition) is 4. The largest absolute Gasteiger partial charge is 0.449 e. The minimum atomic E-state index is -8.11. The summed E-state index contributed by atoms with van der Waals surface area (Å²) in [6.07, 6.45) is -14.4. The number of esters is 2. The van der Waals surface area contributed by atoms with Crippen LogP contribution in [-0.4, -0.2) is 95.2 Å². The molecule has 0 radical (unpaired) electrons. The summed E-state index contributed by atoms with van der Waals surface area (Å²) in [6, 6.07) is 0. The molecule has 0 aromatic rings. The van der Waals surface area contributed by atoms with Gasteiger partial charge >= 0.3 is 83.0 Å². The number of alkyl halides is 24. The Balaban J connectivity index is 2.11. The van der Waals surface area contributed by atoms with Gasteiger partial charge in [-0.2, -0.15) is 105 Å². The molecule has 3 rings (SSSR count). The maximum atomic E-state index is 14.4. The van der Waals surface area contributed by atoms with Gasteiger partial charge in [0.05, 0.1) is 11.8 Å². The van der Waals surface area contributed by atoms with E-state index in [9.17, 15) is 115 Å². The molecule has 0 amide bonds. The summed E-state index contributed by atoms with van der Waals surface area (Å²) >= 11 is 0. The molecule has 3 aliphatic carbocycles. The van der Waals surface area contributed by atoms with Crippen LogP contribution in [0.15, 0.2) is 12.2 Å². The van der Waals surface area contributed by atoms with Crippen LogP contribution in [0.1, 0.15) is 12.8 Å². The topological polar surface area (TPSA) is 52.6 Å². The second-order valence-electron chi connectivity index (χ2n) is 10.9. The highest BCUT2D eigenvalue weighted by Gasteiger charge is 2.99. The van der Waals surface area contributed by atoms with E-state index in [1.54, 1.807) is 0 Å². The van der Waals surface area contributed by atoms with Gasteiger partial charge in [-0.05, 0) is 12.8 Å². The first-order chi connectivity index (χ1) is 21.8. The number of allylic oxidation sites excluding steroid dienone is 1. The zero-order valence-electron chi connectivity index (χ0n) is 22.6. The highest BCUT2D eigenvalue weighted by atomic mass is 19.4. The maximum Gasteiger partial charge on any atom is 0.384 e. The van der Waals surface area contributed by atoms with E-state index in [1.165, 1.54) is 0 Å². The molecule has 2 atom stereocenters. The molecule has 0 spiro atoms. The fourth-order valence-corrected chi connectivity index (χ4v) is 4.77. The standard InChI is InChI=1S/C22H10F24O4/c23-11(24)9(12(25,26)16(33,34)20(41,42)19(39,40)15(11,31)32)49-7(47)5-3-1-2-4-6(5)8(48)50-10-13(27,28)17(35,36)21(43,44)22(45,46)18(37,38)14(10,29)30/h1,3,5-6,9-10H,2,4H2. The van der Waals surface area contributed by atoms with E-state index in [-0.39, 0.29) is 6.08 Å². The fraction of sp³-hybridized carbons (Fsp3) is 0.818. The average molecular weight is 794 g/mol. The summed E-state index contributed by atoms with van der Waals surface area (Å²) in [4.78, 5) is 24.9. The van der Waals surface area contributed by atoms with Crippen molar-refractivity contribution in [1.29, 1.82) is 0 Å². The highest BCUT2D eigenvalue weighted by molar-refractivity contribution is 5.84. The van der Waals surface area contributed by atoms with Crippen LogP contribution in [0.5, 0.6) is 0 Å². The van der Waals surface area contributed by atoms with E-state index >= 15 is 0 Å². The summed E-state index contributed by atoms with van der Waals surface area (Å²) in [5.41, 5.74) is 0. The van der Waals surface area contributed by atoms with Gasteiger partial charge in [-0.15, -0.1) is 0 Å². The predicted molar refractivity (Wildman–Crippen MR) is 104 cm³/mol. The minimum absolute atomic E-state index is 0.140. The lowest BCUT2D eigenvalue weighted by Crippen LogP contribution is -2.66. The van der Waals surface area contributed by atoms with Gasteiger partial charge in [0.2, 0.25) is 12.2 Å². The third kappa shape index (κ3) is 4.57. The van der Waals surface area contributed by atoms with Gasteiger partial charge < -0.3 is 9.47 Å². The molecule has 28 heteroatoms. The van der Waals surface area contributed by atoms with Gasteiger partial charge in [0.1, 0.15) is 0 Å². The molecule has 0 aromatic carbocycles. The molecule has 2 saturated carbocycles. The lowest BCUT2D eigenvalue weighted by atomic mass is 9.83. The Morgan fingerprint density at radius 1 is 0.420 bits per heavy atom. The SMILES string of the molecule is O=C(OC1C(F)(F)C(F)(F)C(F)(F)C(F)(F)C(F)(F)C1(F)F)C1C=CCCC1C(=O)OC1C(F)(F)C(F)(F)C(F)(F)C(F)(F)C(F)(F)C1(F)F. The van der Waals surface area contributed by atoms with Gasteiger partial charge in [-0.3, -0.25) is 9.59 Å². The van der Waals surface area contributed by atoms with E-state index < -0.39 is 120 Å². The van der Waals surface area contributed by atoms with Crippen LogP contribution in [0.3, 0.4) is 0 Å². The Hall–Kier alpha value is -3.00. The summed E-state index contributed by atoms with van der Waals surface area (Å²) in [5.74, 6) is -108. The molecule has 2 fully saturated rings. The van der Waals surface area contributed by atoms with Crippen LogP contribution in [0.4, 0.5) is 105 Å². The quantitative estimate of drug-likeness (QED) is 0.125. The van der Waals surface area contributed by atoms with Crippen molar-refractivity contribution in [1.82, 2.24) is 0 Å². The molecule has 0 bridgehead atoms. The first kappa shape index (κ1) is 41.4. The van der Waals surface area contributed by atoms with Gasteiger partial charge in [-0.1, -0.05) is 12.2 Å². The molecular formula is C22H10F24O4. The number of carbonyl (C=O) groups excluding carboxylic acids is 2. The van der Waals surface area contributed by atoms with Gasteiger partial charge in [-0.25, -0.2) is 0 Å². The molecule has 3 aliphatic rings. The van der Waals surface area contributed by atoms with Gasteiger partial charge in [0.25, 0.3) is 0 Å². The third-order valence-electron chi connectivity index (χ3n) is 7.82. The number of halogens is 24. The van der Waals surface area contributed by atoms with Crippen LogP contribution in [0.2, 0.25) is 0 Å². The Morgan fingerprint density at radius 3 is 0.960 bits per heavy atom. The van der Waals surface area contributed by atoms with E-state index in [4.69, 9.17) is 0 Å². The minimum Gasteiger partial charge on any atom is -0.449 e. The number of hydrogen-bond donors (Lipinski definition) is 0. The van der Waals surface area contributed by atoms with E-state index in [1.807, 2.05) is 0 Å². The zero-order chi connectivity index (χ0) is 39.7. The van der Waals surface area contributed by atoms with Crippen molar-refractivity contribution < 1.29 is 124 Å². The van der Waals surface area contributed by atoms with Crippen molar-refractivity contribution >= 4 is 11.9 Å². The maximum absolute atomic E-state index is 14.4. The molecule has 4 nitrogen and oxygen atoms in total. The van der Waals surface area contributed by atoms with Crippen LogP contribution in [0, 0.1) is 11.8 Å². The molecule has 2 unspecified atom stereocenters. The van der Waals surface area contributed by atoms with Crippen molar-refractivity contribution in [3.63, 3.8) is 0 Å². The Kier molecular flexibility index (Phi) is 8.92. The van der Waals surface area contributed by atoms with Crippen LogP contribution in [0.25, 0.3) is 0 Å². The Morgan fingerprint density at radius 2 is 0.680 bits per heavy atom. The number of carbonyl (C=O) groups is 2. The summed E-state index contributed by atoms with van der Waals surface area (Å²) in [5, 5.41) is 0. The smallest absolute Gasteiger partial charge is 0.384 e. The lowest BCUT2D eigenvalue weighted by Gasteiger charge is -2.37. The third-order valence-corrected chi connectivity index (χ3v) is 7.82. The summed E-state index contributed by atoms with van der Waals surface area (Å²) in [6.45, 7) is 0. The first-order valence-corrected chi connectivity index (χ1v) is 12.4. The molecule has 0 saturated heterocycles. The monoisotopic (exact) mass is 794 g/mol. The van der Waals surface area contributed by atoms with Crippen molar-refractivity contribution in [3.05, 3.63) is 12.2 Å². The predicted octanol–water partition coefficient (Wildman–Crippen LogP) is 8.04. The zero-order valence-corrected chi connectivity index (χ0v) is 22.6. The van der Waals surface area contributed by atoms with Crippen LogP contribution >= 0.6 is 0 Å². The van der Waals surface area contributed by atoms with E-state index in [2.05, 4.69) is 9.47 Å². The van der Waals surface area contributed by atoms with E-state index in [0.717, 1.165) is 0 Å². The molecule has 0 N–H and O–H groups in total. The van der Waals surface area contributed by atoms with Gasteiger partial charge in [0.15, 0.2) is 0 Å². The Bertz CT molecular complexity index is 1340. The normalized spacial score (nSPS) is 33.7. The van der Waals surface area contributed by atoms with Gasteiger partial charge in [0, 0.05) is 0 Å². The molecule has 290 valence electrons. The van der Waals surface area contributed by atoms with Crippen molar-refractivity contribution in [2.75, 3.05) is 0 Å². The molecule has 0 aliphatic heterocycles. The van der Waals surface area contributed by atoms with Crippen LogP contribution in [-0.2, 0) is 19.1 Å². The molecule has 0 aromatic heterocycles. The second-order valence-corrected chi connectivity index (χ2v) is 10.9. The lowest BCUT2D eigenvalue weighted by molar-refractivity contribution is -0.397. The van der Waals surface area contributed by atoms with Crippen LogP contribution < -0.4 is 0 Å². The molecular weight excluding hydrogens is 784 g/mol. The summed E-state index contributed by atoms with van der Waals surface area (Å²) < 4.78 is 342. The second kappa shape index (κ2) is 10.8. The van der Waals surface area contributed by atoms with Crippen molar-refractivity contribution in [3.8, 4) is 0 Å². The fourth-order valence-electron chi connectivity index (χ4n) is 4.77. The number of rotatable bonds is 4.